The molecule has 17 heavy (non-hydrogen) atoms. The van der Waals surface area contributed by atoms with Crippen molar-refractivity contribution in [3.05, 3.63) is 35.1 Å². The summed E-state index contributed by atoms with van der Waals surface area (Å²) in [7, 11) is 0. The third-order valence-corrected chi connectivity index (χ3v) is 3.18. The predicted molar refractivity (Wildman–Crippen MR) is 62.9 cm³/mol. The molecule has 0 heterocycles. The molecule has 0 saturated carbocycles. The van der Waals surface area contributed by atoms with E-state index in [1.54, 1.807) is 18.2 Å². The lowest BCUT2D eigenvalue weighted by Gasteiger charge is -2.07. The van der Waals surface area contributed by atoms with Crippen LogP contribution < -0.4 is 5.73 Å². The zero-order chi connectivity index (χ0) is 12.8. The van der Waals surface area contributed by atoms with E-state index in [1.165, 1.54) is 17.8 Å². The number of thioether (sulfide) groups is 1. The number of nitriles is 1. The average Bonchev–Trinajstić information content (AvgIpc) is 2.31. The van der Waals surface area contributed by atoms with Crippen molar-refractivity contribution in [1.82, 2.24) is 0 Å². The van der Waals surface area contributed by atoms with Crippen LogP contribution in [0.15, 0.2) is 18.2 Å². The molecule has 1 atom stereocenters. The summed E-state index contributed by atoms with van der Waals surface area (Å²) in [6, 6.07) is 5.35. The summed E-state index contributed by atoms with van der Waals surface area (Å²) in [4.78, 5) is 10.5. The Balaban J connectivity index is 2.59. The van der Waals surface area contributed by atoms with Gasteiger partial charge in [0.15, 0.2) is 0 Å². The third kappa shape index (κ3) is 3.73. The fourth-order valence-electron chi connectivity index (χ4n) is 1.14. The standard InChI is InChI=1S/C11H11FN2O2S/c12-10-7(4-13)2-1-3-8(10)5-17-6-9(14)11(15)16/h1-3,9H,5-6,14H2,(H,15,16)/t9-/m0/s1. The van der Waals surface area contributed by atoms with Crippen molar-refractivity contribution in [2.24, 2.45) is 5.73 Å². The highest BCUT2D eigenvalue weighted by Crippen LogP contribution is 2.18. The zero-order valence-electron chi connectivity index (χ0n) is 8.89. The number of carboxylic acid groups (broad SMARTS) is 1. The van der Waals surface area contributed by atoms with Crippen molar-refractivity contribution >= 4 is 17.7 Å². The van der Waals surface area contributed by atoms with Crippen LogP contribution in [0.4, 0.5) is 4.39 Å². The van der Waals surface area contributed by atoms with Gasteiger partial charge in [0.25, 0.3) is 0 Å². The Morgan fingerprint density at radius 1 is 1.65 bits per heavy atom. The SMILES string of the molecule is N#Cc1cccc(CSC[C@H](N)C(=O)O)c1F. The number of nitrogens with zero attached hydrogens (tertiary/aromatic N) is 1. The average molecular weight is 254 g/mol. The van der Waals surface area contributed by atoms with Gasteiger partial charge in [0.05, 0.1) is 5.56 Å². The summed E-state index contributed by atoms with van der Waals surface area (Å²) >= 11 is 1.22. The van der Waals surface area contributed by atoms with Crippen LogP contribution in [0.2, 0.25) is 0 Å². The monoisotopic (exact) mass is 254 g/mol. The quantitative estimate of drug-likeness (QED) is 0.828. The Bertz CT molecular complexity index is 459. The van der Waals surface area contributed by atoms with Gasteiger partial charge in [-0.3, -0.25) is 4.79 Å². The molecule has 0 aliphatic heterocycles. The van der Waals surface area contributed by atoms with Gasteiger partial charge < -0.3 is 10.8 Å². The van der Waals surface area contributed by atoms with Crippen molar-refractivity contribution in [1.29, 1.82) is 5.26 Å². The van der Waals surface area contributed by atoms with Crippen LogP contribution in [-0.4, -0.2) is 22.9 Å². The van der Waals surface area contributed by atoms with Crippen molar-refractivity contribution in [2.75, 3.05) is 5.75 Å². The maximum atomic E-state index is 13.6. The number of carboxylic acids is 1. The van der Waals surface area contributed by atoms with E-state index in [9.17, 15) is 9.18 Å². The van der Waals surface area contributed by atoms with E-state index < -0.39 is 17.8 Å². The van der Waals surface area contributed by atoms with Crippen LogP contribution in [0.3, 0.4) is 0 Å². The first-order valence-corrected chi connectivity index (χ1v) is 5.95. The number of nitrogens with two attached hydrogens (primary N) is 1. The highest BCUT2D eigenvalue weighted by atomic mass is 32.2. The van der Waals surface area contributed by atoms with Gasteiger partial charge in [0, 0.05) is 11.5 Å². The molecule has 0 unspecified atom stereocenters. The summed E-state index contributed by atoms with van der Waals surface area (Å²) in [5, 5.41) is 17.2. The summed E-state index contributed by atoms with van der Waals surface area (Å²) in [5.74, 6) is -1.14. The van der Waals surface area contributed by atoms with E-state index in [0.717, 1.165) is 0 Å². The Hall–Kier alpha value is -1.58. The number of hydrogen-bond donors (Lipinski definition) is 2. The number of carbonyl (C=O) groups is 1. The van der Waals surface area contributed by atoms with E-state index in [1.807, 2.05) is 0 Å². The fourth-order valence-corrected chi connectivity index (χ4v) is 2.10. The summed E-state index contributed by atoms with van der Waals surface area (Å²) < 4.78 is 13.6. The second kappa shape index (κ2) is 6.23. The molecular weight excluding hydrogens is 243 g/mol. The Morgan fingerprint density at radius 3 is 2.94 bits per heavy atom. The van der Waals surface area contributed by atoms with E-state index in [4.69, 9.17) is 16.1 Å². The minimum atomic E-state index is -1.08. The molecule has 0 radical (unpaired) electrons. The Kier molecular flexibility index (Phi) is 4.94. The van der Waals surface area contributed by atoms with E-state index in [-0.39, 0.29) is 11.3 Å². The second-order valence-electron chi connectivity index (χ2n) is 3.35. The maximum Gasteiger partial charge on any atom is 0.321 e. The van der Waals surface area contributed by atoms with Gasteiger partial charge in [0.2, 0.25) is 0 Å². The number of rotatable bonds is 5. The molecule has 1 aromatic rings. The molecule has 0 aliphatic carbocycles. The van der Waals surface area contributed by atoms with E-state index >= 15 is 0 Å². The van der Waals surface area contributed by atoms with Gasteiger partial charge >= 0.3 is 5.97 Å². The number of aliphatic carboxylic acids is 1. The maximum absolute atomic E-state index is 13.6. The highest BCUT2D eigenvalue weighted by molar-refractivity contribution is 7.98. The predicted octanol–water partition coefficient (Wildman–Crippen LogP) is 1.34. The van der Waals surface area contributed by atoms with Gasteiger partial charge in [-0.15, -0.1) is 0 Å². The first kappa shape index (κ1) is 13.5. The molecule has 0 saturated heterocycles. The molecular formula is C11H11FN2O2S. The van der Waals surface area contributed by atoms with Crippen molar-refractivity contribution in [3.8, 4) is 6.07 Å². The molecule has 0 fully saturated rings. The molecule has 1 rings (SSSR count). The minimum Gasteiger partial charge on any atom is -0.480 e. The number of hydrogen-bond acceptors (Lipinski definition) is 4. The minimum absolute atomic E-state index is 0.00867. The molecule has 4 nitrogen and oxygen atoms in total. The van der Waals surface area contributed by atoms with Gasteiger partial charge in [-0.2, -0.15) is 17.0 Å². The van der Waals surface area contributed by atoms with Gasteiger partial charge in [-0.25, -0.2) is 4.39 Å². The van der Waals surface area contributed by atoms with Gasteiger partial charge in [-0.05, 0) is 11.6 Å². The topological polar surface area (TPSA) is 87.1 Å². The van der Waals surface area contributed by atoms with Gasteiger partial charge in [-0.1, -0.05) is 12.1 Å². The summed E-state index contributed by atoms with van der Waals surface area (Å²) in [6.07, 6.45) is 0. The smallest absolute Gasteiger partial charge is 0.321 e. The Morgan fingerprint density at radius 2 is 2.35 bits per heavy atom. The van der Waals surface area contributed by atoms with Crippen molar-refractivity contribution < 1.29 is 14.3 Å². The fraction of sp³-hybridized carbons (Fsp3) is 0.273. The van der Waals surface area contributed by atoms with E-state index in [0.29, 0.717) is 11.3 Å². The molecule has 6 heteroatoms. The number of benzene rings is 1. The largest absolute Gasteiger partial charge is 0.480 e. The normalized spacial score (nSPS) is 11.8. The lowest BCUT2D eigenvalue weighted by molar-refractivity contribution is -0.137. The van der Waals surface area contributed by atoms with Crippen LogP contribution in [-0.2, 0) is 10.5 Å². The molecule has 0 spiro atoms. The third-order valence-electron chi connectivity index (χ3n) is 2.07. The van der Waals surface area contributed by atoms with Gasteiger partial charge in [0.1, 0.15) is 17.9 Å². The molecule has 90 valence electrons. The van der Waals surface area contributed by atoms with Crippen LogP contribution in [0, 0.1) is 17.1 Å². The summed E-state index contributed by atoms with van der Waals surface area (Å²) in [6.45, 7) is 0. The first-order chi connectivity index (χ1) is 8.06. The van der Waals surface area contributed by atoms with Crippen LogP contribution in [0.5, 0.6) is 0 Å². The number of halogens is 1. The van der Waals surface area contributed by atoms with E-state index in [2.05, 4.69) is 0 Å². The highest BCUT2D eigenvalue weighted by Gasteiger charge is 2.12. The van der Waals surface area contributed by atoms with Crippen molar-refractivity contribution in [2.45, 2.75) is 11.8 Å². The molecule has 1 aromatic carbocycles. The zero-order valence-corrected chi connectivity index (χ0v) is 9.71. The first-order valence-electron chi connectivity index (χ1n) is 4.80. The van der Waals surface area contributed by atoms with Crippen LogP contribution >= 0.6 is 11.8 Å². The van der Waals surface area contributed by atoms with Crippen molar-refractivity contribution in [3.63, 3.8) is 0 Å². The summed E-state index contributed by atoms with van der Waals surface area (Å²) in [5.41, 5.74) is 5.68. The molecule has 0 bridgehead atoms. The molecule has 0 amide bonds. The molecule has 3 N–H and O–H groups in total. The molecule has 0 aliphatic rings. The second-order valence-corrected chi connectivity index (χ2v) is 4.38. The Labute approximate surface area is 102 Å². The molecule has 0 aromatic heterocycles. The lowest BCUT2D eigenvalue weighted by atomic mass is 10.1. The van der Waals surface area contributed by atoms with Crippen LogP contribution in [0.25, 0.3) is 0 Å². The lowest BCUT2D eigenvalue weighted by Crippen LogP contribution is -2.32. The van der Waals surface area contributed by atoms with Crippen LogP contribution in [0.1, 0.15) is 11.1 Å².